The molecule has 1 amide bonds. The number of anilines is 1. The number of nitro groups is 1. The summed E-state index contributed by atoms with van der Waals surface area (Å²) >= 11 is 0. The lowest BCUT2D eigenvalue weighted by atomic mass is 10.1. The van der Waals surface area contributed by atoms with Crippen molar-refractivity contribution in [3.63, 3.8) is 0 Å². The average molecular weight is 396 g/mol. The van der Waals surface area contributed by atoms with Gasteiger partial charge in [-0.1, -0.05) is 30.3 Å². The van der Waals surface area contributed by atoms with E-state index in [9.17, 15) is 14.9 Å². The molecule has 0 atom stereocenters. The van der Waals surface area contributed by atoms with Crippen molar-refractivity contribution in [2.75, 3.05) is 44.2 Å². The van der Waals surface area contributed by atoms with Gasteiger partial charge in [-0.2, -0.15) is 0 Å². The number of carbonyl (C=O) groups excluding carboxylic acids is 1. The number of rotatable bonds is 5. The van der Waals surface area contributed by atoms with E-state index in [2.05, 4.69) is 9.80 Å². The van der Waals surface area contributed by atoms with Crippen LogP contribution in [0.15, 0.2) is 54.6 Å². The van der Waals surface area contributed by atoms with Crippen LogP contribution in [0.4, 0.5) is 16.2 Å². The molecule has 152 valence electrons. The highest BCUT2D eigenvalue weighted by Gasteiger charge is 2.36. The summed E-state index contributed by atoms with van der Waals surface area (Å²) in [7, 11) is 0. The molecule has 0 saturated carbocycles. The van der Waals surface area contributed by atoms with Crippen molar-refractivity contribution in [3.05, 3.63) is 70.3 Å². The minimum atomic E-state index is -0.380. The Bertz CT molecular complexity index is 845. The molecule has 4 rings (SSSR count). The lowest BCUT2D eigenvalue weighted by Gasteiger charge is -2.47. The standard InChI is InChI=1S/C21H24N4O4/c26-21(29-16-17-4-2-1-3-5-17)24-14-20(15-24)23-12-10-22(11-13-23)18-6-8-19(9-7-18)25(27)28/h1-9,20H,10-16H2. The maximum atomic E-state index is 12.2. The number of nitro benzene ring substituents is 1. The fourth-order valence-corrected chi connectivity index (χ4v) is 3.78. The van der Waals surface area contributed by atoms with Gasteiger partial charge in [-0.05, 0) is 17.7 Å². The fourth-order valence-electron chi connectivity index (χ4n) is 3.78. The van der Waals surface area contributed by atoms with Crippen molar-refractivity contribution in [2.45, 2.75) is 12.6 Å². The number of benzene rings is 2. The van der Waals surface area contributed by atoms with E-state index in [0.29, 0.717) is 25.7 Å². The third-order valence-corrected chi connectivity index (χ3v) is 5.58. The first kappa shape index (κ1) is 19.2. The third-order valence-electron chi connectivity index (χ3n) is 5.58. The molecule has 0 bridgehead atoms. The predicted molar refractivity (Wildman–Crippen MR) is 109 cm³/mol. The summed E-state index contributed by atoms with van der Waals surface area (Å²) in [4.78, 5) is 29.0. The molecule has 8 heteroatoms. The second-order valence-electron chi connectivity index (χ2n) is 7.40. The second-order valence-corrected chi connectivity index (χ2v) is 7.40. The van der Waals surface area contributed by atoms with Crippen LogP contribution in [-0.4, -0.2) is 66.1 Å². The van der Waals surface area contributed by atoms with E-state index >= 15 is 0 Å². The van der Waals surface area contributed by atoms with Crippen molar-refractivity contribution < 1.29 is 14.5 Å². The van der Waals surface area contributed by atoms with Gasteiger partial charge < -0.3 is 14.5 Å². The maximum Gasteiger partial charge on any atom is 0.410 e. The predicted octanol–water partition coefficient (Wildman–Crippen LogP) is 2.74. The van der Waals surface area contributed by atoms with E-state index in [1.807, 2.05) is 42.5 Å². The van der Waals surface area contributed by atoms with Gasteiger partial charge in [0.15, 0.2) is 0 Å². The van der Waals surface area contributed by atoms with Crippen LogP contribution in [0.1, 0.15) is 5.56 Å². The molecule has 2 aliphatic rings. The zero-order valence-corrected chi connectivity index (χ0v) is 16.1. The van der Waals surface area contributed by atoms with Gasteiger partial charge in [0.2, 0.25) is 0 Å². The minimum Gasteiger partial charge on any atom is -0.445 e. The van der Waals surface area contributed by atoms with Crippen LogP contribution in [0.25, 0.3) is 0 Å². The van der Waals surface area contributed by atoms with Gasteiger partial charge >= 0.3 is 6.09 Å². The van der Waals surface area contributed by atoms with Crippen molar-refractivity contribution in [1.29, 1.82) is 0 Å². The molecule has 2 aromatic carbocycles. The number of amides is 1. The molecule has 0 N–H and O–H groups in total. The average Bonchev–Trinajstić information content (AvgIpc) is 2.72. The smallest absolute Gasteiger partial charge is 0.410 e. The van der Waals surface area contributed by atoms with Crippen LogP contribution in [0.2, 0.25) is 0 Å². The van der Waals surface area contributed by atoms with Gasteiger partial charge in [0.25, 0.3) is 5.69 Å². The van der Waals surface area contributed by atoms with Crippen LogP contribution in [0.5, 0.6) is 0 Å². The molecule has 0 aromatic heterocycles. The van der Waals surface area contributed by atoms with Gasteiger partial charge in [-0.25, -0.2) is 4.79 Å². The normalized spacial score (nSPS) is 17.7. The largest absolute Gasteiger partial charge is 0.445 e. The Morgan fingerprint density at radius 3 is 2.28 bits per heavy atom. The Morgan fingerprint density at radius 2 is 1.66 bits per heavy atom. The van der Waals surface area contributed by atoms with Crippen molar-refractivity contribution in [1.82, 2.24) is 9.80 Å². The number of carbonyl (C=O) groups is 1. The number of nitrogens with zero attached hydrogens (tertiary/aromatic N) is 4. The molecule has 2 saturated heterocycles. The van der Waals surface area contributed by atoms with Gasteiger partial charge in [-0.15, -0.1) is 0 Å². The molecule has 2 aliphatic heterocycles. The number of piperazine rings is 1. The highest BCUT2D eigenvalue weighted by Crippen LogP contribution is 2.23. The molecule has 2 heterocycles. The summed E-state index contributed by atoms with van der Waals surface area (Å²) in [6.07, 6.45) is -0.255. The lowest BCUT2D eigenvalue weighted by molar-refractivity contribution is -0.384. The Morgan fingerprint density at radius 1 is 1.00 bits per heavy atom. The maximum absolute atomic E-state index is 12.2. The van der Waals surface area contributed by atoms with E-state index in [1.165, 1.54) is 0 Å². The zero-order chi connectivity index (χ0) is 20.2. The molecule has 8 nitrogen and oxygen atoms in total. The van der Waals surface area contributed by atoms with Gasteiger partial charge in [0.1, 0.15) is 6.61 Å². The summed E-state index contributed by atoms with van der Waals surface area (Å²) in [6, 6.07) is 16.8. The molecule has 2 aromatic rings. The number of likely N-dealkylation sites (tertiary alicyclic amines) is 1. The number of ether oxygens (including phenoxy) is 1. The second kappa shape index (κ2) is 8.48. The number of hydrogen-bond donors (Lipinski definition) is 0. The quantitative estimate of drug-likeness (QED) is 0.571. The Labute approximate surface area is 169 Å². The van der Waals surface area contributed by atoms with Crippen molar-refractivity contribution in [3.8, 4) is 0 Å². The summed E-state index contributed by atoms with van der Waals surface area (Å²) in [5, 5.41) is 10.8. The van der Waals surface area contributed by atoms with Crippen molar-refractivity contribution >= 4 is 17.5 Å². The monoisotopic (exact) mass is 396 g/mol. The van der Waals surface area contributed by atoms with E-state index in [1.54, 1.807) is 17.0 Å². The van der Waals surface area contributed by atoms with Crippen LogP contribution < -0.4 is 4.90 Å². The SMILES string of the molecule is O=C(OCc1ccccc1)N1CC(N2CCN(c3ccc([N+](=O)[O-])cc3)CC2)C1. The molecular weight excluding hydrogens is 372 g/mol. The van der Waals surface area contributed by atoms with Crippen molar-refractivity contribution in [2.24, 2.45) is 0 Å². The zero-order valence-electron chi connectivity index (χ0n) is 16.1. The topological polar surface area (TPSA) is 79.2 Å². The molecule has 2 fully saturated rings. The minimum absolute atomic E-state index is 0.112. The Balaban J connectivity index is 1.19. The molecule has 0 spiro atoms. The Kier molecular flexibility index (Phi) is 5.62. The van der Waals surface area contributed by atoms with Gasteiger partial charge in [0, 0.05) is 63.1 Å². The molecule has 29 heavy (non-hydrogen) atoms. The van der Waals surface area contributed by atoms with E-state index in [0.717, 1.165) is 37.4 Å². The summed E-state index contributed by atoms with van der Waals surface area (Å²) in [6.45, 7) is 5.26. The molecule has 0 aliphatic carbocycles. The van der Waals surface area contributed by atoms with E-state index in [4.69, 9.17) is 4.74 Å². The fraction of sp³-hybridized carbons (Fsp3) is 0.381. The first-order valence-corrected chi connectivity index (χ1v) is 9.79. The van der Waals surface area contributed by atoms with Gasteiger partial charge in [-0.3, -0.25) is 15.0 Å². The third kappa shape index (κ3) is 4.48. The first-order valence-electron chi connectivity index (χ1n) is 9.79. The van der Waals surface area contributed by atoms with Crippen LogP contribution >= 0.6 is 0 Å². The van der Waals surface area contributed by atoms with Gasteiger partial charge in [0.05, 0.1) is 4.92 Å². The highest BCUT2D eigenvalue weighted by molar-refractivity contribution is 5.69. The van der Waals surface area contributed by atoms with E-state index < -0.39 is 0 Å². The summed E-state index contributed by atoms with van der Waals surface area (Å²) < 4.78 is 5.38. The van der Waals surface area contributed by atoms with E-state index in [-0.39, 0.29) is 16.7 Å². The molecule has 0 radical (unpaired) electrons. The molecular formula is C21H24N4O4. The Hall–Kier alpha value is -3.13. The first-order chi connectivity index (χ1) is 14.1. The summed E-state index contributed by atoms with van der Waals surface area (Å²) in [5.41, 5.74) is 2.11. The van der Waals surface area contributed by atoms with Crippen LogP contribution in [0.3, 0.4) is 0 Å². The van der Waals surface area contributed by atoms with Crippen LogP contribution in [-0.2, 0) is 11.3 Å². The lowest BCUT2D eigenvalue weighted by Crippen LogP contribution is -2.64. The number of hydrogen-bond acceptors (Lipinski definition) is 6. The molecule has 0 unspecified atom stereocenters. The van der Waals surface area contributed by atoms with Crippen LogP contribution in [0, 0.1) is 10.1 Å². The highest BCUT2D eigenvalue weighted by atomic mass is 16.6. The summed E-state index contributed by atoms with van der Waals surface area (Å²) in [5.74, 6) is 0. The number of non-ortho nitro benzene ring substituents is 1.